The summed E-state index contributed by atoms with van der Waals surface area (Å²) in [5.74, 6) is -0.177. The fourth-order valence-electron chi connectivity index (χ4n) is 1.04. The Kier molecular flexibility index (Phi) is 4.52. The second-order valence-corrected chi connectivity index (χ2v) is 4.34. The molecule has 1 atom stereocenters. The summed E-state index contributed by atoms with van der Waals surface area (Å²) in [4.78, 5) is 12.4. The van der Waals surface area contributed by atoms with E-state index in [0.717, 1.165) is 4.88 Å². The predicted octanol–water partition coefficient (Wildman–Crippen LogP) is 1.57. The molecule has 0 unspecified atom stereocenters. The largest absolute Gasteiger partial charge is 0.394 e. The van der Waals surface area contributed by atoms with Crippen LogP contribution in [0.4, 0.5) is 0 Å². The van der Waals surface area contributed by atoms with E-state index in [9.17, 15) is 4.79 Å². The number of carbonyl (C=O) groups is 1. The molecule has 0 aromatic carbocycles. The molecular formula is C11H15NO2S. The van der Waals surface area contributed by atoms with Crippen molar-refractivity contribution in [1.29, 1.82) is 0 Å². The lowest BCUT2D eigenvalue weighted by Crippen LogP contribution is -2.33. The van der Waals surface area contributed by atoms with Crippen LogP contribution in [-0.2, 0) is 4.79 Å². The van der Waals surface area contributed by atoms with E-state index in [1.165, 1.54) is 11.6 Å². The average molecular weight is 225 g/mol. The number of thiophene rings is 1. The number of aliphatic hydroxyl groups is 1. The van der Waals surface area contributed by atoms with Crippen molar-refractivity contribution in [3.05, 3.63) is 28.0 Å². The van der Waals surface area contributed by atoms with Gasteiger partial charge in [-0.2, -0.15) is 0 Å². The fraction of sp³-hybridized carbons (Fsp3) is 0.364. The maximum absolute atomic E-state index is 11.3. The molecule has 0 fully saturated rings. The van der Waals surface area contributed by atoms with Gasteiger partial charge in [-0.15, -0.1) is 11.3 Å². The van der Waals surface area contributed by atoms with E-state index in [1.54, 1.807) is 24.3 Å². The first-order valence-electron chi connectivity index (χ1n) is 4.77. The minimum atomic E-state index is -0.202. The van der Waals surface area contributed by atoms with Crippen LogP contribution in [0.1, 0.15) is 17.4 Å². The first kappa shape index (κ1) is 11.9. The summed E-state index contributed by atoms with van der Waals surface area (Å²) in [6, 6.07) is 1.81. The molecule has 0 aliphatic heterocycles. The van der Waals surface area contributed by atoms with E-state index in [-0.39, 0.29) is 18.6 Å². The van der Waals surface area contributed by atoms with Crippen LogP contribution in [0, 0.1) is 6.92 Å². The minimum absolute atomic E-state index is 0.0440. The molecule has 1 amide bonds. The van der Waals surface area contributed by atoms with Gasteiger partial charge in [0.05, 0.1) is 6.61 Å². The summed E-state index contributed by atoms with van der Waals surface area (Å²) in [5.41, 5.74) is 1.17. The third-order valence-corrected chi connectivity index (χ3v) is 2.93. The molecule has 1 aromatic heterocycles. The summed E-state index contributed by atoms with van der Waals surface area (Å²) >= 11 is 1.60. The van der Waals surface area contributed by atoms with Crippen LogP contribution in [-0.4, -0.2) is 23.7 Å². The zero-order chi connectivity index (χ0) is 11.3. The van der Waals surface area contributed by atoms with Crippen LogP contribution in [0.25, 0.3) is 6.08 Å². The molecule has 1 heterocycles. The molecule has 82 valence electrons. The molecule has 0 saturated carbocycles. The van der Waals surface area contributed by atoms with Crippen molar-refractivity contribution in [3.8, 4) is 0 Å². The highest BCUT2D eigenvalue weighted by Gasteiger charge is 2.02. The number of rotatable bonds is 4. The number of carbonyl (C=O) groups excluding carboxylic acids is 1. The minimum Gasteiger partial charge on any atom is -0.394 e. The van der Waals surface area contributed by atoms with Crippen LogP contribution >= 0.6 is 11.3 Å². The summed E-state index contributed by atoms with van der Waals surface area (Å²) in [6.07, 6.45) is 3.28. The van der Waals surface area contributed by atoms with E-state index in [1.807, 2.05) is 18.4 Å². The van der Waals surface area contributed by atoms with E-state index < -0.39 is 0 Å². The lowest BCUT2D eigenvalue weighted by molar-refractivity contribution is -0.117. The number of aryl methyl sites for hydroxylation is 1. The number of aliphatic hydroxyl groups excluding tert-OH is 1. The topological polar surface area (TPSA) is 49.3 Å². The summed E-state index contributed by atoms with van der Waals surface area (Å²) in [7, 11) is 0. The van der Waals surface area contributed by atoms with Gasteiger partial charge >= 0.3 is 0 Å². The molecule has 1 rings (SSSR count). The molecule has 4 heteroatoms. The molecule has 3 nitrogen and oxygen atoms in total. The molecule has 0 aliphatic carbocycles. The smallest absolute Gasteiger partial charge is 0.244 e. The Hall–Kier alpha value is -1.13. The quantitative estimate of drug-likeness (QED) is 0.764. The van der Waals surface area contributed by atoms with Gasteiger partial charge in [0, 0.05) is 17.0 Å². The van der Waals surface area contributed by atoms with Crippen LogP contribution < -0.4 is 5.32 Å². The second kappa shape index (κ2) is 5.68. The van der Waals surface area contributed by atoms with Gasteiger partial charge in [0.15, 0.2) is 0 Å². The van der Waals surface area contributed by atoms with Gasteiger partial charge in [-0.1, -0.05) is 0 Å². The van der Waals surface area contributed by atoms with E-state index in [4.69, 9.17) is 5.11 Å². The zero-order valence-electron chi connectivity index (χ0n) is 8.86. The summed E-state index contributed by atoms with van der Waals surface area (Å²) in [5, 5.41) is 13.4. The lowest BCUT2D eigenvalue weighted by Gasteiger charge is -2.07. The highest BCUT2D eigenvalue weighted by molar-refractivity contribution is 7.11. The van der Waals surface area contributed by atoms with Crippen molar-refractivity contribution in [2.75, 3.05) is 6.61 Å². The third-order valence-electron chi connectivity index (χ3n) is 1.95. The van der Waals surface area contributed by atoms with Crippen molar-refractivity contribution >= 4 is 23.3 Å². The maximum atomic E-state index is 11.3. The normalized spacial score (nSPS) is 13.0. The van der Waals surface area contributed by atoms with Gasteiger partial charge in [-0.05, 0) is 36.9 Å². The molecule has 0 radical (unpaired) electrons. The monoisotopic (exact) mass is 225 g/mol. The number of hydrogen-bond donors (Lipinski definition) is 2. The number of hydrogen-bond acceptors (Lipinski definition) is 3. The highest BCUT2D eigenvalue weighted by Crippen LogP contribution is 2.16. The van der Waals surface area contributed by atoms with Gasteiger partial charge < -0.3 is 10.4 Å². The number of amides is 1. The Labute approximate surface area is 93.4 Å². The maximum Gasteiger partial charge on any atom is 0.244 e. The van der Waals surface area contributed by atoms with Crippen LogP contribution in [0.5, 0.6) is 0 Å². The van der Waals surface area contributed by atoms with Gasteiger partial charge in [0.2, 0.25) is 5.91 Å². The first-order chi connectivity index (χ1) is 7.13. The highest BCUT2D eigenvalue weighted by atomic mass is 32.1. The van der Waals surface area contributed by atoms with E-state index in [0.29, 0.717) is 0 Å². The summed E-state index contributed by atoms with van der Waals surface area (Å²) in [6.45, 7) is 3.71. The van der Waals surface area contributed by atoms with Gasteiger partial charge in [0.1, 0.15) is 0 Å². The van der Waals surface area contributed by atoms with E-state index >= 15 is 0 Å². The van der Waals surface area contributed by atoms with E-state index in [2.05, 4.69) is 5.32 Å². The molecule has 0 aliphatic rings. The Balaban J connectivity index is 2.51. The first-order valence-corrected chi connectivity index (χ1v) is 5.65. The van der Waals surface area contributed by atoms with Gasteiger partial charge in [-0.25, -0.2) is 0 Å². The molecule has 0 saturated heterocycles. The molecule has 1 aromatic rings. The Bertz CT molecular complexity index is 357. The molecule has 0 spiro atoms. The van der Waals surface area contributed by atoms with Gasteiger partial charge in [-0.3, -0.25) is 4.79 Å². The fourth-order valence-corrected chi connectivity index (χ4v) is 1.86. The predicted molar refractivity (Wildman–Crippen MR) is 62.8 cm³/mol. The van der Waals surface area contributed by atoms with Crippen molar-refractivity contribution in [3.63, 3.8) is 0 Å². The third kappa shape index (κ3) is 3.85. The standard InChI is InChI=1S/C11H15NO2S/c1-8-5-6-15-10(8)3-4-11(14)12-9(2)7-13/h3-6,9,13H,7H2,1-2H3,(H,12,14)/t9-/m1/s1. The van der Waals surface area contributed by atoms with Crippen molar-refractivity contribution in [2.24, 2.45) is 0 Å². The zero-order valence-corrected chi connectivity index (χ0v) is 9.67. The van der Waals surface area contributed by atoms with Crippen molar-refractivity contribution < 1.29 is 9.90 Å². The molecule has 2 N–H and O–H groups in total. The van der Waals surface area contributed by atoms with Crippen molar-refractivity contribution in [2.45, 2.75) is 19.9 Å². The lowest BCUT2D eigenvalue weighted by atomic mass is 10.2. The van der Waals surface area contributed by atoms with Crippen LogP contribution in [0.3, 0.4) is 0 Å². The van der Waals surface area contributed by atoms with Crippen molar-refractivity contribution in [1.82, 2.24) is 5.32 Å². The Morgan fingerprint density at radius 2 is 2.47 bits per heavy atom. The average Bonchev–Trinajstić information content (AvgIpc) is 2.61. The Morgan fingerprint density at radius 1 is 1.73 bits per heavy atom. The Morgan fingerprint density at radius 3 is 3.00 bits per heavy atom. The SMILES string of the molecule is Cc1ccsc1C=CC(=O)N[C@H](C)CO. The molecule has 0 bridgehead atoms. The molecule has 15 heavy (non-hydrogen) atoms. The van der Waals surface area contributed by atoms with Crippen LogP contribution in [0.2, 0.25) is 0 Å². The molecular weight excluding hydrogens is 210 g/mol. The summed E-state index contributed by atoms with van der Waals surface area (Å²) < 4.78 is 0. The van der Waals surface area contributed by atoms with Gasteiger partial charge in [0.25, 0.3) is 0 Å². The second-order valence-electron chi connectivity index (χ2n) is 3.39. The van der Waals surface area contributed by atoms with Crippen LogP contribution in [0.15, 0.2) is 17.5 Å². The number of nitrogens with one attached hydrogen (secondary N) is 1.